The fraction of sp³-hybridized carbons (Fsp3) is 0.778. The van der Waals surface area contributed by atoms with Crippen molar-refractivity contribution in [2.45, 2.75) is 31.8 Å². The Morgan fingerprint density at radius 3 is 2.50 bits per heavy atom. The molecule has 0 heterocycles. The monoisotopic (exact) mass is 217 g/mol. The van der Waals surface area contributed by atoms with Crippen LogP contribution in [0.3, 0.4) is 0 Å². The fourth-order valence-electron chi connectivity index (χ4n) is 1.41. The van der Waals surface area contributed by atoms with E-state index in [1.165, 1.54) is 16.7 Å². The van der Waals surface area contributed by atoms with E-state index in [2.05, 4.69) is 0 Å². The molecule has 1 fully saturated rings. The van der Waals surface area contributed by atoms with E-state index in [9.17, 15) is 9.59 Å². The van der Waals surface area contributed by atoms with Crippen molar-refractivity contribution in [1.29, 1.82) is 0 Å². The van der Waals surface area contributed by atoms with Gasteiger partial charge in [-0.25, -0.2) is 4.79 Å². The van der Waals surface area contributed by atoms with Gasteiger partial charge in [0.25, 0.3) is 0 Å². The molecule has 1 atom stereocenters. The zero-order chi connectivity index (χ0) is 10.7. The lowest BCUT2D eigenvalue weighted by Crippen LogP contribution is -2.45. The van der Waals surface area contributed by atoms with E-state index in [0.29, 0.717) is 5.75 Å². The molecule has 80 valence electrons. The quantitative estimate of drug-likeness (QED) is 0.740. The van der Waals surface area contributed by atoms with Crippen molar-refractivity contribution in [1.82, 2.24) is 4.90 Å². The van der Waals surface area contributed by atoms with Gasteiger partial charge in [0.05, 0.1) is 5.75 Å². The lowest BCUT2D eigenvalue weighted by atomic mass is 10.2. The van der Waals surface area contributed by atoms with Gasteiger partial charge in [0.15, 0.2) is 0 Å². The molecule has 1 saturated carbocycles. The molecule has 1 aliphatic rings. The molecule has 1 unspecified atom stereocenters. The second kappa shape index (κ2) is 4.68. The average molecular weight is 217 g/mol. The minimum absolute atomic E-state index is 0.0603. The Morgan fingerprint density at radius 1 is 1.57 bits per heavy atom. The molecule has 1 amide bonds. The highest BCUT2D eigenvalue weighted by atomic mass is 32.2. The first-order chi connectivity index (χ1) is 6.57. The predicted octanol–water partition coefficient (Wildman–Crippen LogP) is 0.813. The minimum Gasteiger partial charge on any atom is -0.480 e. The summed E-state index contributed by atoms with van der Waals surface area (Å²) in [6.45, 7) is 1.57. The number of carboxylic acids is 1. The fourth-order valence-corrected chi connectivity index (χ4v) is 1.80. The summed E-state index contributed by atoms with van der Waals surface area (Å²) in [5.74, 6) is -0.616. The van der Waals surface area contributed by atoms with Crippen molar-refractivity contribution in [2.24, 2.45) is 0 Å². The van der Waals surface area contributed by atoms with E-state index in [4.69, 9.17) is 5.11 Å². The number of nitrogens with zero attached hydrogens (tertiary/aromatic N) is 1. The van der Waals surface area contributed by atoms with Crippen molar-refractivity contribution in [3.05, 3.63) is 0 Å². The molecule has 0 bridgehead atoms. The number of hydrogen-bond acceptors (Lipinski definition) is 3. The SMILES string of the molecule is CSCC(=O)N(C1CC1)C(C)C(=O)O. The Hall–Kier alpha value is -0.710. The van der Waals surface area contributed by atoms with Crippen molar-refractivity contribution < 1.29 is 14.7 Å². The lowest BCUT2D eigenvalue weighted by molar-refractivity contribution is -0.148. The van der Waals surface area contributed by atoms with Gasteiger partial charge in [-0.3, -0.25) is 4.79 Å². The van der Waals surface area contributed by atoms with Crippen molar-refractivity contribution in [2.75, 3.05) is 12.0 Å². The summed E-state index contributed by atoms with van der Waals surface area (Å²) in [6.07, 6.45) is 3.73. The molecule has 0 radical (unpaired) electrons. The molecular weight excluding hydrogens is 202 g/mol. The highest BCUT2D eigenvalue weighted by molar-refractivity contribution is 7.99. The molecular formula is C9H15NO3S. The summed E-state index contributed by atoms with van der Waals surface area (Å²) in [4.78, 5) is 23.9. The van der Waals surface area contributed by atoms with Crippen molar-refractivity contribution in [3.63, 3.8) is 0 Å². The zero-order valence-electron chi connectivity index (χ0n) is 8.40. The van der Waals surface area contributed by atoms with E-state index in [0.717, 1.165) is 12.8 Å². The summed E-state index contributed by atoms with van der Waals surface area (Å²) < 4.78 is 0. The first-order valence-electron chi connectivity index (χ1n) is 4.60. The highest BCUT2D eigenvalue weighted by Gasteiger charge is 2.37. The summed E-state index contributed by atoms with van der Waals surface area (Å²) in [5, 5.41) is 8.85. The highest BCUT2D eigenvalue weighted by Crippen LogP contribution is 2.29. The molecule has 0 aliphatic heterocycles. The lowest BCUT2D eigenvalue weighted by Gasteiger charge is -2.26. The number of carbonyl (C=O) groups is 2. The Labute approximate surface area is 87.7 Å². The number of carboxylic acid groups (broad SMARTS) is 1. The second-order valence-electron chi connectivity index (χ2n) is 3.48. The molecule has 0 spiro atoms. The maximum atomic E-state index is 11.6. The van der Waals surface area contributed by atoms with Gasteiger partial charge in [0.2, 0.25) is 5.91 Å². The largest absolute Gasteiger partial charge is 0.480 e. The van der Waals surface area contributed by atoms with Gasteiger partial charge < -0.3 is 10.0 Å². The van der Waals surface area contributed by atoms with E-state index in [1.807, 2.05) is 6.26 Å². The van der Waals surface area contributed by atoms with Crippen LogP contribution in [0.15, 0.2) is 0 Å². The molecule has 0 aromatic carbocycles. The number of thioether (sulfide) groups is 1. The first-order valence-corrected chi connectivity index (χ1v) is 6.00. The summed E-state index contributed by atoms with van der Waals surface area (Å²) in [7, 11) is 0. The second-order valence-corrected chi connectivity index (χ2v) is 4.35. The van der Waals surface area contributed by atoms with Crippen LogP contribution < -0.4 is 0 Å². The number of carbonyl (C=O) groups excluding carboxylic acids is 1. The molecule has 1 rings (SSSR count). The van der Waals surface area contributed by atoms with Crippen LogP contribution in [0.2, 0.25) is 0 Å². The molecule has 5 heteroatoms. The first kappa shape index (κ1) is 11.4. The van der Waals surface area contributed by atoms with E-state index in [-0.39, 0.29) is 11.9 Å². The van der Waals surface area contributed by atoms with Crippen LogP contribution >= 0.6 is 11.8 Å². The maximum Gasteiger partial charge on any atom is 0.326 e. The molecule has 1 aliphatic carbocycles. The Morgan fingerprint density at radius 2 is 2.14 bits per heavy atom. The van der Waals surface area contributed by atoms with Gasteiger partial charge in [-0.05, 0) is 26.0 Å². The number of aliphatic carboxylic acids is 1. The predicted molar refractivity (Wildman–Crippen MR) is 55.3 cm³/mol. The molecule has 14 heavy (non-hydrogen) atoms. The topological polar surface area (TPSA) is 57.6 Å². The Balaban J connectivity index is 2.63. The van der Waals surface area contributed by atoms with Gasteiger partial charge in [-0.2, -0.15) is 11.8 Å². The molecule has 0 aromatic rings. The third-order valence-corrected chi connectivity index (χ3v) is 2.81. The number of rotatable bonds is 5. The van der Waals surface area contributed by atoms with Crippen LogP contribution in [0.5, 0.6) is 0 Å². The van der Waals surface area contributed by atoms with Crippen LogP contribution in [-0.4, -0.2) is 46.0 Å². The van der Waals surface area contributed by atoms with Crippen LogP contribution in [0.25, 0.3) is 0 Å². The van der Waals surface area contributed by atoms with Crippen LogP contribution in [-0.2, 0) is 9.59 Å². The minimum atomic E-state index is -0.925. The van der Waals surface area contributed by atoms with Gasteiger partial charge in [-0.15, -0.1) is 0 Å². The molecule has 1 N–H and O–H groups in total. The zero-order valence-corrected chi connectivity index (χ0v) is 9.21. The average Bonchev–Trinajstić information content (AvgIpc) is 2.89. The number of hydrogen-bond donors (Lipinski definition) is 1. The van der Waals surface area contributed by atoms with Crippen LogP contribution in [0, 0.1) is 0 Å². The third-order valence-electron chi connectivity index (χ3n) is 2.27. The number of amides is 1. The van der Waals surface area contributed by atoms with Crippen LogP contribution in [0.4, 0.5) is 0 Å². The summed E-state index contributed by atoms with van der Waals surface area (Å²) >= 11 is 1.43. The van der Waals surface area contributed by atoms with Crippen LogP contribution in [0.1, 0.15) is 19.8 Å². The van der Waals surface area contributed by atoms with Gasteiger partial charge >= 0.3 is 5.97 Å². The third kappa shape index (κ3) is 2.64. The van der Waals surface area contributed by atoms with E-state index >= 15 is 0 Å². The Bertz CT molecular complexity index is 240. The summed E-state index contributed by atoms with van der Waals surface area (Å²) in [6, 6.07) is -0.525. The van der Waals surface area contributed by atoms with Crippen molar-refractivity contribution >= 4 is 23.6 Å². The van der Waals surface area contributed by atoms with E-state index in [1.54, 1.807) is 6.92 Å². The standard InChI is InChI=1S/C9H15NO3S/c1-6(9(12)13)10(7-3-4-7)8(11)5-14-2/h6-7H,3-5H2,1-2H3,(H,12,13). The smallest absolute Gasteiger partial charge is 0.326 e. The molecule has 0 aromatic heterocycles. The molecule has 4 nitrogen and oxygen atoms in total. The van der Waals surface area contributed by atoms with Gasteiger partial charge in [0, 0.05) is 6.04 Å². The van der Waals surface area contributed by atoms with Crippen molar-refractivity contribution in [3.8, 4) is 0 Å². The molecule has 0 saturated heterocycles. The normalized spacial score (nSPS) is 17.6. The summed E-state index contributed by atoms with van der Waals surface area (Å²) in [5.41, 5.74) is 0. The van der Waals surface area contributed by atoms with E-state index < -0.39 is 12.0 Å². The van der Waals surface area contributed by atoms with Gasteiger partial charge in [-0.1, -0.05) is 0 Å². The maximum absolute atomic E-state index is 11.6. The Kier molecular flexibility index (Phi) is 3.80. The van der Waals surface area contributed by atoms with Gasteiger partial charge in [0.1, 0.15) is 6.04 Å².